The summed E-state index contributed by atoms with van der Waals surface area (Å²) in [5, 5.41) is 3.28. The third-order valence-electron chi connectivity index (χ3n) is 2.39. The molecule has 1 aliphatic rings. The molecule has 1 fully saturated rings. The van der Waals surface area contributed by atoms with Gasteiger partial charge in [0.05, 0.1) is 12.2 Å². The number of aryl methyl sites for hydroxylation is 1. The fraction of sp³-hybridized carbons (Fsp3) is 0.500. The topological polar surface area (TPSA) is 51.2 Å². The third kappa shape index (κ3) is 2.72. The summed E-state index contributed by atoms with van der Waals surface area (Å²) < 4.78 is 4.96. The Morgan fingerprint density at radius 3 is 2.94 bits per heavy atom. The Kier molecular flexibility index (Phi) is 3.08. The van der Waals surface area contributed by atoms with Crippen LogP contribution in [0.15, 0.2) is 12.1 Å². The number of esters is 1. The second kappa shape index (κ2) is 4.51. The molecule has 1 heterocycles. The van der Waals surface area contributed by atoms with E-state index in [0.717, 1.165) is 11.5 Å². The summed E-state index contributed by atoms with van der Waals surface area (Å²) in [4.78, 5) is 15.9. The zero-order valence-corrected chi connectivity index (χ0v) is 9.62. The Morgan fingerprint density at radius 1 is 1.56 bits per heavy atom. The summed E-state index contributed by atoms with van der Waals surface area (Å²) in [6.07, 6.45) is 2.37. The molecule has 4 nitrogen and oxygen atoms in total. The van der Waals surface area contributed by atoms with E-state index in [4.69, 9.17) is 4.74 Å². The van der Waals surface area contributed by atoms with Crippen LogP contribution in [0.2, 0.25) is 0 Å². The molecule has 1 aromatic rings. The molecule has 1 saturated carbocycles. The van der Waals surface area contributed by atoms with E-state index >= 15 is 0 Å². The van der Waals surface area contributed by atoms with Crippen LogP contribution in [-0.4, -0.2) is 23.6 Å². The van der Waals surface area contributed by atoms with Gasteiger partial charge in [0.1, 0.15) is 5.82 Å². The van der Waals surface area contributed by atoms with Crippen molar-refractivity contribution in [2.45, 2.75) is 32.7 Å². The molecule has 0 bridgehead atoms. The largest absolute Gasteiger partial charge is 0.462 e. The molecule has 0 aromatic carbocycles. The first-order chi connectivity index (χ1) is 7.69. The molecular weight excluding hydrogens is 204 g/mol. The van der Waals surface area contributed by atoms with E-state index in [2.05, 4.69) is 10.3 Å². The molecule has 1 N–H and O–H groups in total. The van der Waals surface area contributed by atoms with Crippen LogP contribution in [0.5, 0.6) is 0 Å². The molecule has 16 heavy (non-hydrogen) atoms. The molecule has 0 saturated heterocycles. The number of nitrogens with one attached hydrogen (secondary N) is 1. The Bertz CT molecular complexity index is 400. The van der Waals surface area contributed by atoms with Crippen molar-refractivity contribution in [1.82, 2.24) is 4.98 Å². The second-order valence-electron chi connectivity index (χ2n) is 4.02. The summed E-state index contributed by atoms with van der Waals surface area (Å²) in [6.45, 7) is 4.07. The van der Waals surface area contributed by atoms with Crippen LogP contribution >= 0.6 is 0 Å². The molecule has 0 aliphatic heterocycles. The highest BCUT2D eigenvalue weighted by Gasteiger charge is 2.22. The Morgan fingerprint density at radius 2 is 2.31 bits per heavy atom. The monoisotopic (exact) mass is 220 g/mol. The fourth-order valence-electron chi connectivity index (χ4n) is 1.51. The average Bonchev–Trinajstić information content (AvgIpc) is 3.01. The van der Waals surface area contributed by atoms with Crippen molar-refractivity contribution in [3.63, 3.8) is 0 Å². The van der Waals surface area contributed by atoms with Crippen molar-refractivity contribution in [2.24, 2.45) is 0 Å². The fourth-order valence-corrected chi connectivity index (χ4v) is 1.51. The zero-order chi connectivity index (χ0) is 11.5. The average molecular weight is 220 g/mol. The lowest BCUT2D eigenvalue weighted by molar-refractivity contribution is 0.0526. The summed E-state index contributed by atoms with van der Waals surface area (Å²) in [5.41, 5.74) is 1.39. The van der Waals surface area contributed by atoms with Crippen LogP contribution in [0.25, 0.3) is 0 Å². The quantitative estimate of drug-likeness (QED) is 0.790. The number of pyridine rings is 1. The number of carbonyl (C=O) groups is 1. The molecule has 0 atom stereocenters. The number of carbonyl (C=O) groups excluding carboxylic acids is 1. The van der Waals surface area contributed by atoms with Crippen molar-refractivity contribution in [2.75, 3.05) is 11.9 Å². The standard InChI is InChI=1S/C12H16N2O2/c1-3-16-12(15)9-6-8(2)13-11(7-9)14-10-4-5-10/h6-7,10H,3-5H2,1-2H3,(H,13,14). The summed E-state index contributed by atoms with van der Waals surface area (Å²) in [7, 11) is 0. The molecule has 0 amide bonds. The highest BCUT2D eigenvalue weighted by atomic mass is 16.5. The van der Waals surface area contributed by atoms with Gasteiger partial charge < -0.3 is 10.1 Å². The number of hydrogen-bond acceptors (Lipinski definition) is 4. The van der Waals surface area contributed by atoms with Crippen LogP contribution in [0.4, 0.5) is 5.82 Å². The van der Waals surface area contributed by atoms with Crippen molar-refractivity contribution in [1.29, 1.82) is 0 Å². The first-order valence-corrected chi connectivity index (χ1v) is 5.61. The maximum absolute atomic E-state index is 11.6. The van der Waals surface area contributed by atoms with Crippen LogP contribution in [0, 0.1) is 6.92 Å². The Balaban J connectivity index is 2.16. The molecule has 0 spiro atoms. The first-order valence-electron chi connectivity index (χ1n) is 5.61. The van der Waals surface area contributed by atoms with Gasteiger partial charge in [-0.1, -0.05) is 0 Å². The molecule has 1 aliphatic carbocycles. The van der Waals surface area contributed by atoms with Gasteiger partial charge in [-0.3, -0.25) is 0 Å². The van der Waals surface area contributed by atoms with E-state index in [1.165, 1.54) is 12.8 Å². The summed E-state index contributed by atoms with van der Waals surface area (Å²) in [6, 6.07) is 4.03. The van der Waals surface area contributed by atoms with Gasteiger partial charge in [0.2, 0.25) is 0 Å². The molecule has 86 valence electrons. The van der Waals surface area contributed by atoms with E-state index in [1.807, 2.05) is 6.92 Å². The van der Waals surface area contributed by atoms with Crippen molar-refractivity contribution < 1.29 is 9.53 Å². The Labute approximate surface area is 95.0 Å². The third-order valence-corrected chi connectivity index (χ3v) is 2.39. The molecule has 0 radical (unpaired) electrons. The normalized spacial score (nSPS) is 14.6. The number of aromatic nitrogens is 1. The van der Waals surface area contributed by atoms with E-state index in [-0.39, 0.29) is 5.97 Å². The first kappa shape index (κ1) is 10.9. The number of ether oxygens (including phenoxy) is 1. The number of nitrogens with zero attached hydrogens (tertiary/aromatic N) is 1. The smallest absolute Gasteiger partial charge is 0.338 e. The van der Waals surface area contributed by atoms with E-state index in [1.54, 1.807) is 19.1 Å². The van der Waals surface area contributed by atoms with E-state index in [0.29, 0.717) is 18.2 Å². The van der Waals surface area contributed by atoms with Gasteiger partial charge in [0, 0.05) is 11.7 Å². The van der Waals surface area contributed by atoms with Crippen LogP contribution in [0.3, 0.4) is 0 Å². The van der Waals surface area contributed by atoms with Gasteiger partial charge in [-0.25, -0.2) is 9.78 Å². The van der Waals surface area contributed by atoms with Crippen LogP contribution < -0.4 is 5.32 Å². The predicted molar refractivity (Wildman–Crippen MR) is 61.6 cm³/mol. The van der Waals surface area contributed by atoms with Gasteiger partial charge in [-0.15, -0.1) is 0 Å². The maximum atomic E-state index is 11.6. The van der Waals surface area contributed by atoms with Gasteiger partial charge in [0.15, 0.2) is 0 Å². The molecular formula is C12H16N2O2. The maximum Gasteiger partial charge on any atom is 0.338 e. The molecule has 1 aromatic heterocycles. The number of anilines is 1. The molecule has 4 heteroatoms. The van der Waals surface area contributed by atoms with Crippen LogP contribution in [0.1, 0.15) is 35.8 Å². The second-order valence-corrected chi connectivity index (χ2v) is 4.02. The molecule has 2 rings (SSSR count). The lowest BCUT2D eigenvalue weighted by atomic mass is 10.2. The minimum atomic E-state index is -0.285. The van der Waals surface area contributed by atoms with Gasteiger partial charge in [-0.05, 0) is 38.8 Å². The van der Waals surface area contributed by atoms with Crippen molar-refractivity contribution in [3.05, 3.63) is 23.4 Å². The number of hydrogen-bond donors (Lipinski definition) is 1. The summed E-state index contributed by atoms with van der Waals surface area (Å²) in [5.74, 6) is 0.484. The SMILES string of the molecule is CCOC(=O)c1cc(C)nc(NC2CC2)c1. The minimum Gasteiger partial charge on any atom is -0.462 e. The molecule has 0 unspecified atom stereocenters. The highest BCUT2D eigenvalue weighted by Crippen LogP contribution is 2.24. The minimum absolute atomic E-state index is 0.285. The predicted octanol–water partition coefficient (Wildman–Crippen LogP) is 2.14. The van der Waals surface area contributed by atoms with Gasteiger partial charge >= 0.3 is 5.97 Å². The number of rotatable bonds is 4. The Hall–Kier alpha value is -1.58. The summed E-state index contributed by atoms with van der Waals surface area (Å²) >= 11 is 0. The lowest BCUT2D eigenvalue weighted by Gasteiger charge is -2.07. The highest BCUT2D eigenvalue weighted by molar-refractivity contribution is 5.90. The van der Waals surface area contributed by atoms with Crippen LogP contribution in [-0.2, 0) is 4.74 Å². The van der Waals surface area contributed by atoms with Crippen molar-refractivity contribution >= 4 is 11.8 Å². The van der Waals surface area contributed by atoms with E-state index < -0.39 is 0 Å². The lowest BCUT2D eigenvalue weighted by Crippen LogP contribution is -2.09. The van der Waals surface area contributed by atoms with Gasteiger partial charge in [0.25, 0.3) is 0 Å². The zero-order valence-electron chi connectivity index (χ0n) is 9.62. The van der Waals surface area contributed by atoms with Gasteiger partial charge in [-0.2, -0.15) is 0 Å². The van der Waals surface area contributed by atoms with Crippen molar-refractivity contribution in [3.8, 4) is 0 Å². The van der Waals surface area contributed by atoms with E-state index in [9.17, 15) is 4.79 Å².